The zero-order valence-electron chi connectivity index (χ0n) is 10.4. The molecule has 0 aliphatic heterocycles. The van der Waals surface area contributed by atoms with Crippen molar-refractivity contribution in [3.05, 3.63) is 53.2 Å². The van der Waals surface area contributed by atoms with Crippen LogP contribution >= 0.6 is 11.6 Å². The minimum atomic E-state index is -3.75. The smallest absolute Gasteiger partial charge is 0.260 e. The van der Waals surface area contributed by atoms with Crippen LogP contribution in [0.2, 0.25) is 5.02 Å². The average Bonchev–Trinajstić information content (AvgIpc) is 2.46. The van der Waals surface area contributed by atoms with Crippen LogP contribution in [0.3, 0.4) is 0 Å². The second-order valence-electron chi connectivity index (χ2n) is 3.95. The molecule has 1 aromatic heterocycles. The molecule has 0 bridgehead atoms. The summed E-state index contributed by atoms with van der Waals surface area (Å²) in [5, 5.41) is 0.451. The maximum Gasteiger partial charge on any atom is 0.260 e. The highest BCUT2D eigenvalue weighted by atomic mass is 35.5. The summed E-state index contributed by atoms with van der Waals surface area (Å²) in [6.07, 6.45) is 1.39. The van der Waals surface area contributed by atoms with E-state index in [2.05, 4.69) is 15.1 Å². The third-order valence-corrected chi connectivity index (χ3v) is 4.17. The van der Waals surface area contributed by atoms with Crippen molar-refractivity contribution >= 4 is 27.3 Å². The number of hydrogen-bond donors (Lipinski definition) is 3. The molecular formula is C12H13ClN4O2S. The minimum absolute atomic E-state index is 0.139. The maximum absolute atomic E-state index is 12.2. The van der Waals surface area contributed by atoms with Gasteiger partial charge in [-0.15, -0.1) is 0 Å². The summed E-state index contributed by atoms with van der Waals surface area (Å²) in [4.78, 5) is 3.83. The van der Waals surface area contributed by atoms with Crippen molar-refractivity contribution < 1.29 is 8.42 Å². The molecule has 0 radical (unpaired) electrons. The molecule has 2 aromatic rings. The highest BCUT2D eigenvalue weighted by molar-refractivity contribution is 7.89. The van der Waals surface area contributed by atoms with Gasteiger partial charge in [0.15, 0.2) is 5.03 Å². The summed E-state index contributed by atoms with van der Waals surface area (Å²) in [5.41, 5.74) is 3.33. The van der Waals surface area contributed by atoms with E-state index in [1.807, 2.05) is 0 Å². The molecule has 0 saturated carbocycles. The van der Waals surface area contributed by atoms with E-state index in [0.29, 0.717) is 5.02 Å². The number of aromatic nitrogens is 1. The summed E-state index contributed by atoms with van der Waals surface area (Å²) in [6, 6.07) is 9.99. The zero-order chi connectivity index (χ0) is 14.6. The predicted octanol–water partition coefficient (Wildman–Crippen LogP) is 1.50. The molecule has 0 spiro atoms. The van der Waals surface area contributed by atoms with Gasteiger partial charge in [0.2, 0.25) is 0 Å². The maximum atomic E-state index is 12.2. The first-order valence-corrected chi connectivity index (χ1v) is 7.55. The van der Waals surface area contributed by atoms with Gasteiger partial charge in [-0.1, -0.05) is 23.7 Å². The van der Waals surface area contributed by atoms with Gasteiger partial charge in [0.05, 0.1) is 5.69 Å². The van der Waals surface area contributed by atoms with Crippen molar-refractivity contribution in [1.82, 2.24) is 9.71 Å². The van der Waals surface area contributed by atoms with E-state index >= 15 is 0 Å². The molecule has 2 rings (SSSR count). The van der Waals surface area contributed by atoms with Gasteiger partial charge in [0.1, 0.15) is 0 Å². The van der Waals surface area contributed by atoms with Gasteiger partial charge in [-0.05, 0) is 29.8 Å². The first kappa shape index (κ1) is 14.7. The Morgan fingerprint density at radius 2 is 1.90 bits per heavy atom. The summed E-state index contributed by atoms with van der Waals surface area (Å²) in [7, 11) is -3.75. The third kappa shape index (κ3) is 3.45. The Kier molecular flexibility index (Phi) is 4.56. The highest BCUT2D eigenvalue weighted by Gasteiger charge is 2.19. The lowest BCUT2D eigenvalue weighted by molar-refractivity contribution is 0.578. The number of anilines is 1. The number of hydrogen-bond acceptors (Lipinski definition) is 5. The normalized spacial score (nSPS) is 11.3. The summed E-state index contributed by atoms with van der Waals surface area (Å²) in [6.45, 7) is 0.139. The second kappa shape index (κ2) is 6.19. The fraction of sp³-hybridized carbons (Fsp3) is 0.0833. The van der Waals surface area contributed by atoms with Crippen LogP contribution in [0.15, 0.2) is 47.6 Å². The van der Waals surface area contributed by atoms with E-state index in [-0.39, 0.29) is 17.3 Å². The molecule has 0 amide bonds. The Labute approximate surface area is 122 Å². The Morgan fingerprint density at radius 1 is 1.20 bits per heavy atom. The van der Waals surface area contributed by atoms with Crippen LogP contribution < -0.4 is 16.0 Å². The highest BCUT2D eigenvalue weighted by Crippen LogP contribution is 2.17. The quantitative estimate of drug-likeness (QED) is 0.574. The molecule has 0 saturated heterocycles. The molecule has 1 heterocycles. The number of halogens is 1. The lowest BCUT2D eigenvalue weighted by atomic mass is 10.2. The molecule has 1 aromatic carbocycles. The summed E-state index contributed by atoms with van der Waals surface area (Å²) in [5.74, 6) is 5.27. The number of pyridine rings is 1. The standard InChI is InChI=1S/C12H13ClN4O2S/c13-10-5-3-9(4-6-10)8-16-20(18,19)12-11(17-14)2-1-7-15-12/h1-7,16-17H,8,14H2. The van der Waals surface area contributed by atoms with Crippen molar-refractivity contribution in [1.29, 1.82) is 0 Å². The number of nitrogen functional groups attached to an aromatic ring is 1. The molecule has 6 nitrogen and oxygen atoms in total. The summed E-state index contributed by atoms with van der Waals surface area (Å²) < 4.78 is 26.8. The Bertz CT molecular complexity index is 689. The van der Waals surface area contributed by atoms with E-state index in [0.717, 1.165) is 5.56 Å². The van der Waals surface area contributed by atoms with Gasteiger partial charge < -0.3 is 5.43 Å². The van der Waals surface area contributed by atoms with E-state index < -0.39 is 10.0 Å². The minimum Gasteiger partial charge on any atom is -0.321 e. The molecule has 4 N–H and O–H groups in total. The Morgan fingerprint density at radius 3 is 2.55 bits per heavy atom. The lowest BCUT2D eigenvalue weighted by Gasteiger charge is -2.09. The topological polar surface area (TPSA) is 97.1 Å². The van der Waals surface area contributed by atoms with E-state index in [1.165, 1.54) is 12.3 Å². The van der Waals surface area contributed by atoms with Crippen molar-refractivity contribution in [3.63, 3.8) is 0 Å². The zero-order valence-corrected chi connectivity index (χ0v) is 11.9. The number of sulfonamides is 1. The van der Waals surface area contributed by atoms with Crippen molar-refractivity contribution in [2.24, 2.45) is 5.84 Å². The van der Waals surface area contributed by atoms with Gasteiger partial charge in [-0.25, -0.2) is 18.1 Å². The van der Waals surface area contributed by atoms with Crippen molar-refractivity contribution in [2.45, 2.75) is 11.6 Å². The number of nitrogens with zero attached hydrogens (tertiary/aromatic N) is 1. The number of nitrogens with one attached hydrogen (secondary N) is 2. The van der Waals surface area contributed by atoms with Crippen LogP contribution in [-0.4, -0.2) is 13.4 Å². The average molecular weight is 313 g/mol. The van der Waals surface area contributed by atoms with Crippen LogP contribution in [0.5, 0.6) is 0 Å². The fourth-order valence-electron chi connectivity index (χ4n) is 1.56. The Balaban J connectivity index is 2.17. The van der Waals surface area contributed by atoms with Crippen LogP contribution in [0, 0.1) is 0 Å². The molecule has 0 atom stereocenters. The first-order chi connectivity index (χ1) is 9.53. The number of nitrogens with two attached hydrogens (primary N) is 1. The molecule has 20 heavy (non-hydrogen) atoms. The van der Waals surface area contributed by atoms with Crippen LogP contribution in [0.25, 0.3) is 0 Å². The van der Waals surface area contributed by atoms with E-state index in [1.54, 1.807) is 30.3 Å². The third-order valence-electron chi connectivity index (χ3n) is 2.56. The molecule has 0 aliphatic rings. The van der Waals surface area contributed by atoms with Gasteiger partial charge >= 0.3 is 0 Å². The van der Waals surface area contributed by atoms with Gasteiger partial charge in [0, 0.05) is 17.8 Å². The second-order valence-corrected chi connectivity index (χ2v) is 6.07. The van der Waals surface area contributed by atoms with Gasteiger partial charge in [-0.2, -0.15) is 0 Å². The van der Waals surface area contributed by atoms with Gasteiger partial charge in [-0.3, -0.25) is 5.84 Å². The fourth-order valence-corrected chi connectivity index (χ4v) is 2.80. The number of hydrazine groups is 1. The molecule has 0 aliphatic carbocycles. The van der Waals surface area contributed by atoms with Gasteiger partial charge in [0.25, 0.3) is 10.0 Å². The summed E-state index contributed by atoms with van der Waals surface area (Å²) >= 11 is 5.77. The van der Waals surface area contributed by atoms with E-state index in [9.17, 15) is 8.42 Å². The predicted molar refractivity (Wildman–Crippen MR) is 77.5 cm³/mol. The van der Waals surface area contributed by atoms with Crippen molar-refractivity contribution in [2.75, 3.05) is 5.43 Å². The molecular weight excluding hydrogens is 300 g/mol. The Hall–Kier alpha value is -1.67. The molecule has 0 fully saturated rings. The largest absolute Gasteiger partial charge is 0.321 e. The number of benzene rings is 1. The lowest BCUT2D eigenvalue weighted by Crippen LogP contribution is -2.26. The van der Waals surface area contributed by atoms with Crippen LogP contribution in [-0.2, 0) is 16.6 Å². The monoisotopic (exact) mass is 312 g/mol. The van der Waals surface area contributed by atoms with Crippen LogP contribution in [0.1, 0.15) is 5.56 Å². The molecule has 8 heteroatoms. The molecule has 0 unspecified atom stereocenters. The van der Waals surface area contributed by atoms with Crippen molar-refractivity contribution in [3.8, 4) is 0 Å². The number of rotatable bonds is 5. The van der Waals surface area contributed by atoms with Crippen LogP contribution in [0.4, 0.5) is 5.69 Å². The van der Waals surface area contributed by atoms with E-state index in [4.69, 9.17) is 17.4 Å². The first-order valence-electron chi connectivity index (χ1n) is 5.68. The molecule has 106 valence electrons. The SMILES string of the molecule is NNc1cccnc1S(=O)(=O)NCc1ccc(Cl)cc1.